The summed E-state index contributed by atoms with van der Waals surface area (Å²) in [4.78, 5) is 17.5. The van der Waals surface area contributed by atoms with Crippen molar-refractivity contribution in [1.29, 1.82) is 0 Å². The van der Waals surface area contributed by atoms with Crippen LogP contribution in [0.4, 0.5) is 0 Å². The molecule has 0 saturated heterocycles. The van der Waals surface area contributed by atoms with Gasteiger partial charge in [-0.25, -0.2) is 0 Å². The Morgan fingerprint density at radius 1 is 1.04 bits per heavy atom. The average Bonchev–Trinajstić information content (AvgIpc) is 3.17. The Bertz CT molecular complexity index is 1160. The summed E-state index contributed by atoms with van der Waals surface area (Å²) in [5.74, 6) is 0.558. The molecule has 0 N–H and O–H groups in total. The molecule has 4 nitrogen and oxygen atoms in total. The summed E-state index contributed by atoms with van der Waals surface area (Å²) >= 11 is 4.74. The summed E-state index contributed by atoms with van der Waals surface area (Å²) in [7, 11) is 0. The molecule has 0 unspecified atom stereocenters. The largest absolute Gasteiger partial charge is 0.291 e. The van der Waals surface area contributed by atoms with Crippen LogP contribution in [-0.4, -0.2) is 14.6 Å². The van der Waals surface area contributed by atoms with Crippen LogP contribution < -0.4 is 10.1 Å². The summed E-state index contributed by atoms with van der Waals surface area (Å²) in [6.07, 6.45) is 5.63. The molecule has 0 saturated carbocycles. The highest BCUT2D eigenvalue weighted by molar-refractivity contribution is 9.10. The molecule has 0 spiro atoms. The van der Waals surface area contributed by atoms with E-state index in [0.29, 0.717) is 15.3 Å². The maximum Gasteiger partial charge on any atom is 0.291 e. The van der Waals surface area contributed by atoms with E-state index < -0.39 is 0 Å². The zero-order valence-corrected chi connectivity index (χ0v) is 15.4. The summed E-state index contributed by atoms with van der Waals surface area (Å²) in [5, 5.41) is 4.34. The Hall–Kier alpha value is -2.57. The minimum atomic E-state index is -0.145. The molecule has 0 radical (unpaired) electrons. The Kier molecular flexibility index (Phi) is 4.29. The lowest BCUT2D eigenvalue weighted by molar-refractivity contribution is 0.937. The number of nitrogens with zero attached hydrogens (tertiary/aromatic N) is 3. The van der Waals surface area contributed by atoms with Gasteiger partial charge in [0.15, 0.2) is 5.82 Å². The van der Waals surface area contributed by atoms with Crippen molar-refractivity contribution < 1.29 is 0 Å². The Morgan fingerprint density at radius 3 is 2.52 bits per heavy atom. The van der Waals surface area contributed by atoms with Gasteiger partial charge in [0, 0.05) is 10.0 Å². The first kappa shape index (κ1) is 15.9. The molecule has 0 aliphatic carbocycles. The van der Waals surface area contributed by atoms with E-state index in [4.69, 9.17) is 0 Å². The van der Waals surface area contributed by atoms with Crippen molar-refractivity contribution in [2.75, 3.05) is 0 Å². The van der Waals surface area contributed by atoms with Crippen molar-refractivity contribution in [1.82, 2.24) is 14.6 Å². The van der Waals surface area contributed by atoms with Gasteiger partial charge in [-0.15, -0.1) is 5.10 Å². The molecular weight excluding hydrogens is 398 g/mol. The van der Waals surface area contributed by atoms with Crippen LogP contribution in [0.15, 0.2) is 69.9 Å². The number of fused-ring (bicyclic) bond motifs is 1. The molecule has 0 fully saturated rings. The first-order valence-corrected chi connectivity index (χ1v) is 9.20. The maximum absolute atomic E-state index is 12.5. The van der Waals surface area contributed by atoms with Gasteiger partial charge in [-0.2, -0.15) is 9.50 Å². The van der Waals surface area contributed by atoms with Gasteiger partial charge in [-0.3, -0.25) is 4.79 Å². The summed E-state index contributed by atoms with van der Waals surface area (Å²) < 4.78 is 2.97. The van der Waals surface area contributed by atoms with Crippen LogP contribution in [0.2, 0.25) is 0 Å². The molecule has 0 bridgehead atoms. The summed E-state index contributed by atoms with van der Waals surface area (Å²) in [5.41, 5.74) is 1.82. The van der Waals surface area contributed by atoms with E-state index in [1.807, 2.05) is 66.7 Å². The smallest absolute Gasteiger partial charge is 0.266 e. The molecule has 0 aliphatic rings. The fourth-order valence-corrected chi connectivity index (χ4v) is 3.50. The first-order valence-electron chi connectivity index (χ1n) is 7.60. The molecule has 0 amide bonds. The van der Waals surface area contributed by atoms with Gasteiger partial charge in [-0.1, -0.05) is 81.9 Å². The highest BCUT2D eigenvalue weighted by atomic mass is 79.9. The molecule has 4 aromatic rings. The molecule has 25 heavy (non-hydrogen) atoms. The second-order valence-electron chi connectivity index (χ2n) is 5.34. The Balaban J connectivity index is 1.68. The number of aromatic nitrogens is 3. The van der Waals surface area contributed by atoms with Gasteiger partial charge in [-0.05, 0) is 23.8 Å². The third kappa shape index (κ3) is 3.31. The highest BCUT2D eigenvalue weighted by Crippen LogP contribution is 2.19. The van der Waals surface area contributed by atoms with Gasteiger partial charge in [0.25, 0.3) is 5.56 Å². The predicted molar refractivity (Wildman–Crippen MR) is 105 cm³/mol. The topological polar surface area (TPSA) is 47.3 Å². The van der Waals surface area contributed by atoms with Crippen LogP contribution in [0.1, 0.15) is 5.56 Å². The van der Waals surface area contributed by atoms with E-state index in [0.717, 1.165) is 15.6 Å². The van der Waals surface area contributed by atoms with Gasteiger partial charge in [0.1, 0.15) is 0 Å². The molecule has 122 valence electrons. The number of allylic oxidation sites excluding steroid dienone is 1. The van der Waals surface area contributed by atoms with Crippen molar-refractivity contribution in [3.63, 3.8) is 0 Å². The maximum atomic E-state index is 12.5. The van der Waals surface area contributed by atoms with Crippen LogP contribution in [-0.2, 0) is 0 Å². The van der Waals surface area contributed by atoms with E-state index in [-0.39, 0.29) is 5.56 Å². The van der Waals surface area contributed by atoms with Crippen molar-refractivity contribution in [2.24, 2.45) is 0 Å². The number of hydrogen-bond acceptors (Lipinski definition) is 4. The number of thiazole rings is 1. The van der Waals surface area contributed by atoms with E-state index in [2.05, 4.69) is 26.0 Å². The number of halogens is 1. The fourth-order valence-electron chi connectivity index (χ4n) is 2.38. The summed E-state index contributed by atoms with van der Waals surface area (Å²) in [6, 6.07) is 17.6. The Morgan fingerprint density at radius 2 is 1.80 bits per heavy atom. The molecular formula is C19H12BrN3OS. The van der Waals surface area contributed by atoms with Crippen LogP contribution in [0.5, 0.6) is 0 Å². The van der Waals surface area contributed by atoms with Gasteiger partial charge in [0.2, 0.25) is 4.96 Å². The van der Waals surface area contributed by atoms with Gasteiger partial charge < -0.3 is 0 Å². The second kappa shape index (κ2) is 6.74. The minimum absolute atomic E-state index is 0.145. The second-order valence-corrected chi connectivity index (χ2v) is 7.27. The lowest BCUT2D eigenvalue weighted by atomic mass is 10.2. The molecule has 2 heterocycles. The van der Waals surface area contributed by atoms with Crippen LogP contribution in [0.25, 0.3) is 28.5 Å². The third-order valence-electron chi connectivity index (χ3n) is 3.62. The van der Waals surface area contributed by atoms with Gasteiger partial charge in [0.05, 0.1) is 4.53 Å². The van der Waals surface area contributed by atoms with E-state index in [1.165, 1.54) is 15.9 Å². The lowest BCUT2D eigenvalue weighted by Crippen LogP contribution is -2.23. The van der Waals surface area contributed by atoms with E-state index in [1.54, 1.807) is 6.08 Å². The van der Waals surface area contributed by atoms with Gasteiger partial charge >= 0.3 is 0 Å². The van der Waals surface area contributed by atoms with Crippen LogP contribution in [0.3, 0.4) is 0 Å². The lowest BCUT2D eigenvalue weighted by Gasteiger charge is -1.94. The van der Waals surface area contributed by atoms with Crippen molar-refractivity contribution >= 4 is 44.4 Å². The zero-order valence-electron chi connectivity index (χ0n) is 13.0. The zero-order chi connectivity index (χ0) is 17.2. The van der Waals surface area contributed by atoms with E-state index >= 15 is 0 Å². The van der Waals surface area contributed by atoms with Crippen LogP contribution in [0, 0.1) is 0 Å². The van der Waals surface area contributed by atoms with E-state index in [9.17, 15) is 4.79 Å². The van der Waals surface area contributed by atoms with Crippen molar-refractivity contribution in [3.8, 4) is 11.4 Å². The van der Waals surface area contributed by atoms with Crippen molar-refractivity contribution in [2.45, 2.75) is 0 Å². The Labute approximate surface area is 155 Å². The molecule has 2 aromatic heterocycles. The third-order valence-corrected chi connectivity index (χ3v) is 5.13. The molecule has 0 atom stereocenters. The number of rotatable bonds is 3. The standard InChI is InChI=1S/C19H12BrN3OS/c20-15-11-9-14(10-12-15)17-21-19-23(22-17)18(24)16(25-19)8-4-7-13-5-2-1-3-6-13/h1-12H. The molecule has 2 aromatic carbocycles. The number of benzene rings is 2. The van der Waals surface area contributed by atoms with Crippen LogP contribution >= 0.6 is 27.3 Å². The monoisotopic (exact) mass is 409 g/mol. The first-order chi connectivity index (χ1) is 12.2. The fraction of sp³-hybridized carbons (Fsp3) is 0. The highest BCUT2D eigenvalue weighted by Gasteiger charge is 2.11. The molecule has 4 rings (SSSR count). The predicted octanol–water partition coefficient (Wildman–Crippen LogP) is 3.79. The average molecular weight is 410 g/mol. The molecule has 6 heteroatoms. The quantitative estimate of drug-likeness (QED) is 0.516. The molecule has 0 aliphatic heterocycles. The SMILES string of the molecule is O=c1c(=CC=Cc2ccccc2)sc2nc(-c3ccc(Br)cc3)nn12. The van der Waals surface area contributed by atoms with Crippen molar-refractivity contribution in [3.05, 3.63) is 85.6 Å². The minimum Gasteiger partial charge on any atom is -0.266 e. The number of hydrogen-bond donors (Lipinski definition) is 0. The normalized spacial score (nSPS) is 12.4. The summed E-state index contributed by atoms with van der Waals surface area (Å²) in [6.45, 7) is 0.